The summed E-state index contributed by atoms with van der Waals surface area (Å²) >= 11 is 2.61. The number of carbonyl (C=O) groups excluding carboxylic acids is 1. The van der Waals surface area contributed by atoms with Crippen LogP contribution in [0.1, 0.15) is 21.6 Å². The highest BCUT2D eigenvalue weighted by Crippen LogP contribution is 2.29. The maximum atomic E-state index is 12.2. The highest BCUT2D eigenvalue weighted by Gasteiger charge is 2.14. The Hall–Kier alpha value is -2.23. The van der Waals surface area contributed by atoms with Crippen LogP contribution in [-0.4, -0.2) is 21.8 Å². The molecule has 0 bridgehead atoms. The molecule has 2 aromatic heterocycles. The van der Waals surface area contributed by atoms with Gasteiger partial charge in [0.15, 0.2) is 11.1 Å². The lowest BCUT2D eigenvalue weighted by atomic mass is 10.1. The third-order valence-corrected chi connectivity index (χ3v) is 4.84. The predicted octanol–water partition coefficient (Wildman–Crippen LogP) is 2.95. The number of fused-ring (bicyclic) bond motifs is 1. The molecule has 0 radical (unpaired) electrons. The maximum Gasteiger partial charge on any atom is 0.276 e. The molecule has 126 valence electrons. The Morgan fingerprint density at radius 1 is 1.21 bits per heavy atom. The van der Waals surface area contributed by atoms with E-state index in [1.807, 2.05) is 19.9 Å². The van der Waals surface area contributed by atoms with Crippen molar-refractivity contribution in [2.24, 2.45) is 16.5 Å². The monoisotopic (exact) mass is 382 g/mol. The Morgan fingerprint density at radius 2 is 1.92 bits per heavy atom. The van der Waals surface area contributed by atoms with Crippen molar-refractivity contribution in [2.45, 2.75) is 13.8 Å². The van der Waals surface area contributed by atoms with Gasteiger partial charge in [-0.3, -0.25) is 10.1 Å². The fourth-order valence-electron chi connectivity index (χ4n) is 1.92. The van der Waals surface area contributed by atoms with Gasteiger partial charge in [-0.15, -0.1) is 23.7 Å². The number of anilines is 1. The molecular weight excluding hydrogens is 368 g/mol. The summed E-state index contributed by atoms with van der Waals surface area (Å²) in [6.07, 6.45) is 0. The van der Waals surface area contributed by atoms with Gasteiger partial charge in [0.1, 0.15) is 5.69 Å². The number of hydrogen-bond acceptors (Lipinski definition) is 6. The van der Waals surface area contributed by atoms with E-state index in [-0.39, 0.29) is 30.0 Å². The van der Waals surface area contributed by atoms with Gasteiger partial charge in [-0.2, -0.15) is 4.99 Å². The van der Waals surface area contributed by atoms with Crippen molar-refractivity contribution in [3.63, 3.8) is 0 Å². The minimum absolute atomic E-state index is 0. The van der Waals surface area contributed by atoms with Gasteiger partial charge in [0.2, 0.25) is 5.13 Å². The summed E-state index contributed by atoms with van der Waals surface area (Å²) in [5, 5.41) is 5.22. The minimum Gasteiger partial charge on any atom is -0.370 e. The van der Waals surface area contributed by atoms with Crippen LogP contribution in [0.4, 0.5) is 10.3 Å². The number of hydrogen-bond donors (Lipinski definition) is 3. The molecule has 24 heavy (non-hydrogen) atoms. The lowest BCUT2D eigenvalue weighted by molar-refractivity contribution is 0.102. The molecule has 5 N–H and O–H groups in total. The van der Waals surface area contributed by atoms with E-state index in [0.29, 0.717) is 10.3 Å². The van der Waals surface area contributed by atoms with E-state index in [4.69, 9.17) is 11.5 Å². The van der Waals surface area contributed by atoms with Crippen LogP contribution in [0.2, 0.25) is 0 Å². The SMILES string of the molecule is Cc1cc2nc(NC(=O)c3csc(N=C(N)N)n3)sc2cc1C.Cl. The van der Waals surface area contributed by atoms with Crippen LogP contribution in [0.5, 0.6) is 0 Å². The van der Waals surface area contributed by atoms with E-state index in [9.17, 15) is 4.79 Å². The third-order valence-electron chi connectivity index (χ3n) is 3.17. The number of rotatable bonds is 3. The van der Waals surface area contributed by atoms with Crippen LogP contribution < -0.4 is 16.8 Å². The predicted molar refractivity (Wildman–Crippen MR) is 102 cm³/mol. The number of amides is 1. The van der Waals surface area contributed by atoms with Gasteiger partial charge in [-0.05, 0) is 37.1 Å². The largest absolute Gasteiger partial charge is 0.370 e. The summed E-state index contributed by atoms with van der Waals surface area (Å²) in [4.78, 5) is 24.5. The zero-order chi connectivity index (χ0) is 16.6. The third kappa shape index (κ3) is 3.81. The average Bonchev–Trinajstić information content (AvgIpc) is 3.05. The first-order valence-corrected chi connectivity index (χ1v) is 8.36. The Labute approximate surface area is 152 Å². The molecule has 7 nitrogen and oxygen atoms in total. The normalized spacial score (nSPS) is 10.2. The number of carbonyl (C=O) groups is 1. The quantitative estimate of drug-likeness (QED) is 0.475. The second-order valence-corrected chi connectivity index (χ2v) is 6.80. The lowest BCUT2D eigenvalue weighted by Gasteiger charge is -1.97. The molecular formula is C14H15ClN6OS2. The molecule has 0 spiro atoms. The highest BCUT2D eigenvalue weighted by molar-refractivity contribution is 7.22. The number of aryl methyl sites for hydroxylation is 2. The molecule has 0 aliphatic heterocycles. The van der Waals surface area contributed by atoms with Crippen LogP contribution in [0.3, 0.4) is 0 Å². The number of nitrogens with zero attached hydrogens (tertiary/aromatic N) is 3. The van der Waals surface area contributed by atoms with Crippen molar-refractivity contribution < 1.29 is 4.79 Å². The number of aromatic nitrogens is 2. The van der Waals surface area contributed by atoms with Crippen molar-refractivity contribution in [3.05, 3.63) is 34.3 Å². The Kier molecular flexibility index (Phi) is 5.37. The molecule has 0 aliphatic rings. The highest BCUT2D eigenvalue weighted by atomic mass is 35.5. The van der Waals surface area contributed by atoms with E-state index < -0.39 is 0 Å². The Balaban J connectivity index is 0.00000208. The molecule has 3 aromatic rings. The second kappa shape index (κ2) is 7.12. The minimum atomic E-state index is -0.342. The molecule has 0 unspecified atom stereocenters. The topological polar surface area (TPSA) is 119 Å². The number of thiazole rings is 2. The average molecular weight is 383 g/mol. The van der Waals surface area contributed by atoms with Crippen molar-refractivity contribution in [3.8, 4) is 0 Å². The second-order valence-electron chi connectivity index (χ2n) is 4.93. The number of aliphatic imine (C=N–C) groups is 1. The van der Waals surface area contributed by atoms with E-state index in [1.165, 1.54) is 33.8 Å². The molecule has 0 saturated heterocycles. The number of benzene rings is 1. The summed E-state index contributed by atoms with van der Waals surface area (Å²) < 4.78 is 1.03. The van der Waals surface area contributed by atoms with Gasteiger partial charge in [0.05, 0.1) is 10.2 Å². The van der Waals surface area contributed by atoms with Crippen LogP contribution in [0, 0.1) is 13.8 Å². The standard InChI is InChI=1S/C14H14N6OS2.ClH/c1-6-3-8-10(4-7(6)2)23-14(17-8)19-11(21)9-5-22-13(18-9)20-12(15)16;/h3-5H,1-2H3,(H,17,19,21)(H4,15,16,18,20);1H. The van der Waals surface area contributed by atoms with Crippen LogP contribution in [0.15, 0.2) is 22.5 Å². The van der Waals surface area contributed by atoms with Gasteiger partial charge >= 0.3 is 0 Å². The number of nitrogens with one attached hydrogen (secondary N) is 1. The molecule has 3 rings (SSSR count). The zero-order valence-corrected chi connectivity index (χ0v) is 15.3. The van der Waals surface area contributed by atoms with Crippen LogP contribution in [-0.2, 0) is 0 Å². The molecule has 2 heterocycles. The molecule has 1 amide bonds. The fraction of sp³-hybridized carbons (Fsp3) is 0.143. The van der Waals surface area contributed by atoms with E-state index in [0.717, 1.165) is 10.2 Å². The molecule has 0 fully saturated rings. The first kappa shape index (κ1) is 18.1. The first-order valence-electron chi connectivity index (χ1n) is 6.66. The molecule has 0 saturated carbocycles. The van der Waals surface area contributed by atoms with Crippen LogP contribution >= 0.6 is 35.1 Å². The van der Waals surface area contributed by atoms with E-state index in [2.05, 4.69) is 26.3 Å². The zero-order valence-electron chi connectivity index (χ0n) is 12.9. The first-order chi connectivity index (χ1) is 10.9. The van der Waals surface area contributed by atoms with Gasteiger partial charge in [0, 0.05) is 5.38 Å². The molecule has 0 aliphatic carbocycles. The van der Waals surface area contributed by atoms with Gasteiger partial charge in [-0.25, -0.2) is 9.97 Å². The smallest absolute Gasteiger partial charge is 0.276 e. The summed E-state index contributed by atoms with van der Waals surface area (Å²) in [6.45, 7) is 4.08. The van der Waals surface area contributed by atoms with Gasteiger partial charge < -0.3 is 11.5 Å². The lowest BCUT2D eigenvalue weighted by Crippen LogP contribution is -2.21. The molecule has 1 aromatic carbocycles. The maximum absolute atomic E-state index is 12.2. The van der Waals surface area contributed by atoms with E-state index in [1.54, 1.807) is 5.38 Å². The molecule has 0 atom stereocenters. The van der Waals surface area contributed by atoms with Crippen molar-refractivity contribution in [1.82, 2.24) is 9.97 Å². The molecule has 10 heteroatoms. The summed E-state index contributed by atoms with van der Waals surface area (Å²) in [7, 11) is 0. The number of halogens is 1. The Bertz CT molecular complexity index is 890. The van der Waals surface area contributed by atoms with Gasteiger partial charge in [-0.1, -0.05) is 11.3 Å². The summed E-state index contributed by atoms with van der Waals surface area (Å²) in [5.41, 5.74) is 14.1. The van der Waals surface area contributed by atoms with Crippen LogP contribution in [0.25, 0.3) is 10.2 Å². The van der Waals surface area contributed by atoms with Crippen molar-refractivity contribution in [2.75, 3.05) is 5.32 Å². The van der Waals surface area contributed by atoms with Gasteiger partial charge in [0.25, 0.3) is 5.91 Å². The number of nitrogens with two attached hydrogens (primary N) is 2. The van der Waals surface area contributed by atoms with Crippen molar-refractivity contribution >= 4 is 67.4 Å². The van der Waals surface area contributed by atoms with Crippen molar-refractivity contribution in [1.29, 1.82) is 0 Å². The van der Waals surface area contributed by atoms with E-state index >= 15 is 0 Å². The number of guanidine groups is 1. The summed E-state index contributed by atoms with van der Waals surface area (Å²) in [6, 6.07) is 4.08. The summed E-state index contributed by atoms with van der Waals surface area (Å²) in [5.74, 6) is -0.436. The Morgan fingerprint density at radius 3 is 2.62 bits per heavy atom. The fourth-order valence-corrected chi connectivity index (χ4v) is 3.55.